The molecule has 1 saturated heterocycles. The fourth-order valence-electron chi connectivity index (χ4n) is 2.88. The van der Waals surface area contributed by atoms with Gasteiger partial charge < -0.3 is 15.0 Å². The number of morpholine rings is 1. The van der Waals surface area contributed by atoms with Crippen LogP contribution in [-0.2, 0) is 14.3 Å². The Hall–Kier alpha value is -1.59. The average Bonchev–Trinajstić information content (AvgIpc) is 2.45. The second kappa shape index (κ2) is 7.79. The third-order valence-electron chi connectivity index (χ3n) is 3.80. The number of nitrogens with one attached hydrogen (secondary N) is 1. The van der Waals surface area contributed by atoms with Gasteiger partial charge in [0.2, 0.25) is 11.8 Å². The van der Waals surface area contributed by atoms with Crippen LogP contribution in [0, 0.1) is 0 Å². The molecule has 5 nitrogen and oxygen atoms in total. The molecule has 1 fully saturated rings. The fourth-order valence-corrected chi connectivity index (χ4v) is 3.00. The van der Waals surface area contributed by atoms with Gasteiger partial charge in [-0.05, 0) is 31.5 Å². The minimum absolute atomic E-state index is 0.0145. The maximum atomic E-state index is 12.6. The summed E-state index contributed by atoms with van der Waals surface area (Å²) in [7, 11) is 0. The molecule has 1 aliphatic rings. The molecule has 0 saturated carbocycles. The van der Waals surface area contributed by atoms with E-state index in [0.29, 0.717) is 18.1 Å². The van der Waals surface area contributed by atoms with Gasteiger partial charge in [0, 0.05) is 25.0 Å². The molecule has 1 N–H and O–H groups in total. The van der Waals surface area contributed by atoms with Gasteiger partial charge in [0.25, 0.3) is 0 Å². The normalized spacial score (nSPS) is 22.5. The lowest BCUT2D eigenvalue weighted by Gasteiger charge is -2.36. The molecular formula is C17H23ClN2O3. The molecular weight excluding hydrogens is 316 g/mol. The third kappa shape index (κ3) is 5.22. The summed E-state index contributed by atoms with van der Waals surface area (Å²) < 4.78 is 5.66. The van der Waals surface area contributed by atoms with Crippen LogP contribution in [0.1, 0.15) is 38.8 Å². The molecule has 0 aromatic heterocycles. The molecule has 1 aromatic carbocycles. The first-order chi connectivity index (χ1) is 10.8. The molecule has 2 rings (SSSR count). The van der Waals surface area contributed by atoms with Gasteiger partial charge in [0.1, 0.15) is 0 Å². The van der Waals surface area contributed by atoms with E-state index in [0.717, 1.165) is 5.56 Å². The van der Waals surface area contributed by atoms with Crippen LogP contribution in [0.4, 0.5) is 0 Å². The average molecular weight is 339 g/mol. The predicted molar refractivity (Wildman–Crippen MR) is 89.2 cm³/mol. The van der Waals surface area contributed by atoms with Crippen molar-refractivity contribution in [1.29, 1.82) is 0 Å². The van der Waals surface area contributed by atoms with Gasteiger partial charge in [-0.25, -0.2) is 0 Å². The number of benzene rings is 1. The Labute approximate surface area is 141 Å². The number of ether oxygens (including phenoxy) is 1. The van der Waals surface area contributed by atoms with Crippen LogP contribution in [0.3, 0.4) is 0 Å². The van der Waals surface area contributed by atoms with E-state index in [-0.39, 0.29) is 36.5 Å². The maximum Gasteiger partial charge on any atom is 0.225 e. The molecule has 0 radical (unpaired) electrons. The van der Waals surface area contributed by atoms with Gasteiger partial charge in [0.15, 0.2) is 0 Å². The summed E-state index contributed by atoms with van der Waals surface area (Å²) in [4.78, 5) is 25.9. The molecule has 2 amide bonds. The summed E-state index contributed by atoms with van der Waals surface area (Å²) >= 11 is 5.91. The summed E-state index contributed by atoms with van der Waals surface area (Å²) in [5, 5.41) is 3.47. The summed E-state index contributed by atoms with van der Waals surface area (Å²) in [5.74, 6) is -0.151. The van der Waals surface area contributed by atoms with Gasteiger partial charge >= 0.3 is 0 Å². The molecule has 1 heterocycles. The molecule has 1 aromatic rings. The largest absolute Gasteiger partial charge is 0.372 e. The number of hydrogen-bond acceptors (Lipinski definition) is 3. The Bertz CT molecular complexity index is 551. The molecule has 0 spiro atoms. The number of carbonyl (C=O) groups is 2. The molecule has 0 unspecified atom stereocenters. The van der Waals surface area contributed by atoms with Crippen molar-refractivity contribution in [2.24, 2.45) is 0 Å². The van der Waals surface area contributed by atoms with Crippen LogP contribution < -0.4 is 5.32 Å². The Morgan fingerprint density at radius 2 is 1.83 bits per heavy atom. The van der Waals surface area contributed by atoms with E-state index < -0.39 is 0 Å². The lowest BCUT2D eigenvalue weighted by Crippen LogP contribution is -2.49. The van der Waals surface area contributed by atoms with E-state index >= 15 is 0 Å². The first-order valence-electron chi connectivity index (χ1n) is 7.81. The summed E-state index contributed by atoms with van der Waals surface area (Å²) in [6.07, 6.45) is 0.274. The zero-order chi connectivity index (χ0) is 17.0. The number of amides is 2. The van der Waals surface area contributed by atoms with Crippen LogP contribution in [-0.4, -0.2) is 42.0 Å². The molecule has 0 bridgehead atoms. The zero-order valence-electron chi connectivity index (χ0n) is 13.7. The Kier molecular flexibility index (Phi) is 6.02. The second-order valence-electron chi connectivity index (χ2n) is 6.06. The van der Waals surface area contributed by atoms with E-state index in [9.17, 15) is 9.59 Å². The summed E-state index contributed by atoms with van der Waals surface area (Å²) in [6, 6.07) is 6.83. The van der Waals surface area contributed by atoms with Gasteiger partial charge in [-0.15, -0.1) is 0 Å². The standard InChI is InChI=1S/C17H23ClN2O3/c1-11-9-20(10-12(2)23-11)17(22)8-16(19-13(3)21)14-4-6-15(18)7-5-14/h4-7,11-12,16H,8-10H2,1-3H3,(H,19,21)/t11-,12-,16-/m1/s1. The highest BCUT2D eigenvalue weighted by Crippen LogP contribution is 2.22. The molecule has 0 aliphatic carbocycles. The molecule has 126 valence electrons. The smallest absolute Gasteiger partial charge is 0.225 e. The topological polar surface area (TPSA) is 58.6 Å². The highest BCUT2D eigenvalue weighted by Gasteiger charge is 2.28. The number of carbonyl (C=O) groups excluding carboxylic acids is 2. The van der Waals surface area contributed by atoms with Crippen LogP contribution in [0.2, 0.25) is 5.02 Å². The Balaban J connectivity index is 2.09. The molecule has 1 aliphatic heterocycles. The lowest BCUT2D eigenvalue weighted by atomic mass is 10.0. The van der Waals surface area contributed by atoms with E-state index in [1.807, 2.05) is 30.9 Å². The SMILES string of the molecule is CC(=O)N[C@H](CC(=O)N1C[C@@H](C)O[C@H](C)C1)c1ccc(Cl)cc1. The summed E-state index contributed by atoms with van der Waals surface area (Å²) in [6.45, 7) is 6.53. The van der Waals surface area contributed by atoms with Gasteiger partial charge in [-0.2, -0.15) is 0 Å². The first kappa shape index (κ1) is 17.8. The number of rotatable bonds is 4. The van der Waals surface area contributed by atoms with Gasteiger partial charge in [-0.1, -0.05) is 23.7 Å². The number of halogens is 1. The Morgan fingerprint density at radius 3 is 2.35 bits per heavy atom. The van der Waals surface area contributed by atoms with E-state index in [1.165, 1.54) is 6.92 Å². The molecule has 23 heavy (non-hydrogen) atoms. The highest BCUT2D eigenvalue weighted by molar-refractivity contribution is 6.30. The quantitative estimate of drug-likeness (QED) is 0.917. The van der Waals surface area contributed by atoms with Gasteiger partial charge in [-0.3, -0.25) is 9.59 Å². The second-order valence-corrected chi connectivity index (χ2v) is 6.50. The lowest BCUT2D eigenvalue weighted by molar-refractivity contribution is -0.143. The minimum atomic E-state index is -0.356. The zero-order valence-corrected chi connectivity index (χ0v) is 14.5. The van der Waals surface area contributed by atoms with Crippen molar-refractivity contribution in [3.8, 4) is 0 Å². The van der Waals surface area contributed by atoms with Crippen molar-refractivity contribution in [3.63, 3.8) is 0 Å². The van der Waals surface area contributed by atoms with Crippen molar-refractivity contribution in [1.82, 2.24) is 10.2 Å². The first-order valence-corrected chi connectivity index (χ1v) is 8.18. The monoisotopic (exact) mass is 338 g/mol. The van der Waals surface area contributed by atoms with Crippen molar-refractivity contribution in [2.45, 2.75) is 45.4 Å². The molecule has 6 heteroatoms. The van der Waals surface area contributed by atoms with Crippen molar-refractivity contribution < 1.29 is 14.3 Å². The summed E-state index contributed by atoms with van der Waals surface area (Å²) in [5.41, 5.74) is 0.868. The number of hydrogen-bond donors (Lipinski definition) is 1. The molecule has 3 atom stereocenters. The van der Waals surface area contributed by atoms with Crippen molar-refractivity contribution in [3.05, 3.63) is 34.9 Å². The van der Waals surface area contributed by atoms with Crippen LogP contribution in [0.15, 0.2) is 24.3 Å². The van der Waals surface area contributed by atoms with Crippen LogP contribution in [0.25, 0.3) is 0 Å². The van der Waals surface area contributed by atoms with E-state index in [1.54, 1.807) is 12.1 Å². The van der Waals surface area contributed by atoms with Crippen molar-refractivity contribution >= 4 is 23.4 Å². The van der Waals surface area contributed by atoms with E-state index in [4.69, 9.17) is 16.3 Å². The number of nitrogens with zero attached hydrogens (tertiary/aromatic N) is 1. The van der Waals surface area contributed by atoms with Crippen LogP contribution in [0.5, 0.6) is 0 Å². The minimum Gasteiger partial charge on any atom is -0.372 e. The van der Waals surface area contributed by atoms with Crippen LogP contribution >= 0.6 is 11.6 Å². The predicted octanol–water partition coefficient (Wildman–Crippen LogP) is 2.54. The maximum absolute atomic E-state index is 12.6. The fraction of sp³-hybridized carbons (Fsp3) is 0.529. The van der Waals surface area contributed by atoms with E-state index in [2.05, 4.69) is 5.32 Å². The Morgan fingerprint density at radius 1 is 1.26 bits per heavy atom. The van der Waals surface area contributed by atoms with Gasteiger partial charge in [0.05, 0.1) is 24.7 Å². The highest BCUT2D eigenvalue weighted by atomic mass is 35.5. The van der Waals surface area contributed by atoms with Crippen molar-refractivity contribution in [2.75, 3.05) is 13.1 Å². The third-order valence-corrected chi connectivity index (χ3v) is 4.05.